The van der Waals surface area contributed by atoms with Crippen molar-refractivity contribution in [1.29, 1.82) is 0 Å². The van der Waals surface area contributed by atoms with E-state index in [2.05, 4.69) is 13.8 Å². The molecule has 3 unspecified atom stereocenters. The van der Waals surface area contributed by atoms with Crippen LogP contribution in [0.15, 0.2) is 0 Å². The van der Waals surface area contributed by atoms with Crippen molar-refractivity contribution in [3.63, 3.8) is 0 Å². The first kappa shape index (κ1) is 6.69. The average molecular weight is 138 g/mol. The second kappa shape index (κ2) is 2.25. The van der Waals surface area contributed by atoms with Crippen molar-refractivity contribution in [2.75, 3.05) is 0 Å². The van der Waals surface area contributed by atoms with Crippen LogP contribution in [0, 0.1) is 23.7 Å². The van der Waals surface area contributed by atoms with Crippen molar-refractivity contribution in [3.8, 4) is 0 Å². The van der Waals surface area contributed by atoms with Gasteiger partial charge in [0.25, 0.3) is 0 Å². The highest BCUT2D eigenvalue weighted by molar-refractivity contribution is 5.00. The maximum atomic E-state index is 2.44. The van der Waals surface area contributed by atoms with Gasteiger partial charge in [0.2, 0.25) is 0 Å². The second-order valence-corrected chi connectivity index (χ2v) is 4.33. The summed E-state index contributed by atoms with van der Waals surface area (Å²) in [6.45, 7) is 4.76. The van der Waals surface area contributed by atoms with E-state index in [1.165, 1.54) is 18.8 Å². The van der Waals surface area contributed by atoms with E-state index in [1.807, 2.05) is 0 Å². The highest BCUT2D eigenvalue weighted by Crippen LogP contribution is 2.59. The molecular formula is C10H18. The first-order chi connectivity index (χ1) is 4.83. The van der Waals surface area contributed by atoms with E-state index in [0.717, 1.165) is 17.8 Å². The lowest BCUT2D eigenvalue weighted by Gasteiger charge is -2.11. The van der Waals surface area contributed by atoms with Crippen LogP contribution in [0.4, 0.5) is 0 Å². The van der Waals surface area contributed by atoms with Crippen LogP contribution in [0.3, 0.4) is 0 Å². The normalized spacial score (nSPS) is 51.0. The Morgan fingerprint density at radius 2 is 2.00 bits per heavy atom. The predicted molar refractivity (Wildman–Crippen MR) is 43.8 cm³/mol. The fraction of sp³-hybridized carbons (Fsp3) is 1.00. The quantitative estimate of drug-likeness (QED) is 0.550. The largest absolute Gasteiger partial charge is 0.0654 e. The minimum Gasteiger partial charge on any atom is -0.0654 e. The lowest BCUT2D eigenvalue weighted by molar-refractivity contribution is 0.405. The van der Waals surface area contributed by atoms with Crippen LogP contribution in [0.5, 0.6) is 0 Å². The van der Waals surface area contributed by atoms with Crippen molar-refractivity contribution >= 4 is 0 Å². The molecule has 0 aromatic heterocycles. The van der Waals surface area contributed by atoms with Gasteiger partial charge in [-0.2, -0.15) is 0 Å². The van der Waals surface area contributed by atoms with E-state index in [0.29, 0.717) is 0 Å². The molecule has 4 atom stereocenters. The Bertz CT molecular complexity index is 128. The zero-order valence-corrected chi connectivity index (χ0v) is 7.14. The van der Waals surface area contributed by atoms with Gasteiger partial charge >= 0.3 is 0 Å². The zero-order chi connectivity index (χ0) is 7.14. The summed E-state index contributed by atoms with van der Waals surface area (Å²) in [5.41, 5.74) is 0. The van der Waals surface area contributed by atoms with Gasteiger partial charge in [-0.3, -0.25) is 0 Å². The lowest BCUT2D eigenvalue weighted by Crippen LogP contribution is -2.00. The van der Waals surface area contributed by atoms with Gasteiger partial charge in [-0.15, -0.1) is 0 Å². The first-order valence-electron chi connectivity index (χ1n) is 4.83. The molecule has 0 aromatic carbocycles. The molecule has 2 aliphatic carbocycles. The van der Waals surface area contributed by atoms with Gasteiger partial charge < -0.3 is 0 Å². The Morgan fingerprint density at radius 1 is 1.20 bits per heavy atom. The van der Waals surface area contributed by atoms with Crippen LogP contribution in [-0.4, -0.2) is 0 Å². The third kappa shape index (κ3) is 0.889. The standard InChI is InChI=1S/C10H18/c1-3-4-8-5-7(2)9-6-10(8)9/h7-10H,3-6H2,1-2H3/t7-,8?,9?,10?/m1/s1. The number of hydrogen-bond donors (Lipinski definition) is 0. The second-order valence-electron chi connectivity index (χ2n) is 4.33. The number of rotatable bonds is 2. The van der Waals surface area contributed by atoms with Crippen molar-refractivity contribution in [2.45, 2.75) is 39.5 Å². The maximum Gasteiger partial charge on any atom is -0.0352 e. The molecule has 0 saturated heterocycles. The molecule has 0 heteroatoms. The summed E-state index contributed by atoms with van der Waals surface area (Å²) < 4.78 is 0. The van der Waals surface area contributed by atoms with Crippen molar-refractivity contribution in [2.24, 2.45) is 23.7 Å². The fourth-order valence-corrected chi connectivity index (χ4v) is 2.96. The smallest absolute Gasteiger partial charge is 0.0352 e. The van der Waals surface area contributed by atoms with Gasteiger partial charge in [0.1, 0.15) is 0 Å². The van der Waals surface area contributed by atoms with Crippen molar-refractivity contribution < 1.29 is 0 Å². The van der Waals surface area contributed by atoms with Gasteiger partial charge in [0, 0.05) is 0 Å². The molecule has 0 N–H and O–H groups in total. The third-order valence-corrected chi connectivity index (χ3v) is 3.56. The predicted octanol–water partition coefficient (Wildman–Crippen LogP) is 3.08. The molecule has 0 heterocycles. The molecule has 0 spiro atoms. The Balaban J connectivity index is 1.89. The summed E-state index contributed by atoms with van der Waals surface area (Å²) in [6, 6.07) is 0. The minimum absolute atomic E-state index is 1.07. The topological polar surface area (TPSA) is 0 Å². The van der Waals surface area contributed by atoms with E-state index in [-0.39, 0.29) is 0 Å². The number of hydrogen-bond acceptors (Lipinski definition) is 0. The molecule has 0 aromatic rings. The highest BCUT2D eigenvalue weighted by Gasteiger charge is 2.51. The van der Waals surface area contributed by atoms with Crippen LogP contribution < -0.4 is 0 Å². The van der Waals surface area contributed by atoms with Crippen molar-refractivity contribution in [3.05, 3.63) is 0 Å². The average Bonchev–Trinajstić information content (AvgIpc) is 2.59. The van der Waals surface area contributed by atoms with Gasteiger partial charge in [-0.25, -0.2) is 0 Å². The van der Waals surface area contributed by atoms with Gasteiger partial charge in [-0.05, 0) is 36.5 Å². The number of fused-ring (bicyclic) bond motifs is 1. The molecule has 0 amide bonds. The van der Waals surface area contributed by atoms with Gasteiger partial charge in [-0.1, -0.05) is 26.7 Å². The van der Waals surface area contributed by atoms with Crippen molar-refractivity contribution in [1.82, 2.24) is 0 Å². The monoisotopic (exact) mass is 138 g/mol. The van der Waals surface area contributed by atoms with Crippen LogP contribution in [0.1, 0.15) is 39.5 Å². The summed E-state index contributed by atoms with van der Waals surface area (Å²) in [5, 5.41) is 0. The third-order valence-electron chi connectivity index (χ3n) is 3.56. The van der Waals surface area contributed by atoms with Crippen LogP contribution in [-0.2, 0) is 0 Å². The molecule has 10 heavy (non-hydrogen) atoms. The summed E-state index contributed by atoms with van der Waals surface area (Å²) in [7, 11) is 0. The Hall–Kier alpha value is 0. The first-order valence-corrected chi connectivity index (χ1v) is 4.83. The Labute approximate surface area is 64.0 Å². The molecule has 2 fully saturated rings. The maximum absolute atomic E-state index is 2.44. The molecule has 0 bridgehead atoms. The fourth-order valence-electron chi connectivity index (χ4n) is 2.96. The van der Waals surface area contributed by atoms with Crippen LogP contribution in [0.25, 0.3) is 0 Å². The van der Waals surface area contributed by atoms with Gasteiger partial charge in [0.05, 0.1) is 0 Å². The van der Waals surface area contributed by atoms with E-state index in [1.54, 1.807) is 12.8 Å². The molecule has 0 radical (unpaired) electrons. The van der Waals surface area contributed by atoms with Gasteiger partial charge in [0.15, 0.2) is 0 Å². The lowest BCUT2D eigenvalue weighted by atomic mass is 9.95. The summed E-state index contributed by atoms with van der Waals surface area (Å²) >= 11 is 0. The Kier molecular flexibility index (Phi) is 1.51. The summed E-state index contributed by atoms with van der Waals surface area (Å²) in [6.07, 6.45) is 6.03. The van der Waals surface area contributed by atoms with Crippen LogP contribution in [0.2, 0.25) is 0 Å². The van der Waals surface area contributed by atoms with E-state index < -0.39 is 0 Å². The minimum atomic E-state index is 1.07. The Morgan fingerprint density at radius 3 is 2.40 bits per heavy atom. The molecule has 2 rings (SSSR count). The van der Waals surface area contributed by atoms with E-state index >= 15 is 0 Å². The molecule has 0 nitrogen and oxygen atoms in total. The molecular weight excluding hydrogens is 120 g/mol. The molecule has 2 aliphatic rings. The molecule has 58 valence electrons. The van der Waals surface area contributed by atoms with E-state index in [9.17, 15) is 0 Å². The van der Waals surface area contributed by atoms with E-state index in [4.69, 9.17) is 0 Å². The summed E-state index contributed by atoms with van der Waals surface area (Å²) in [5.74, 6) is 4.54. The SMILES string of the molecule is CCCC1C[C@@H](C)C2CC12. The highest BCUT2D eigenvalue weighted by atomic mass is 14.6. The molecule has 0 aliphatic heterocycles. The molecule has 2 saturated carbocycles. The zero-order valence-electron chi connectivity index (χ0n) is 7.14. The van der Waals surface area contributed by atoms with Crippen LogP contribution >= 0.6 is 0 Å². The summed E-state index contributed by atoms with van der Waals surface area (Å²) in [4.78, 5) is 0.